The first-order valence-electron chi connectivity index (χ1n) is 5.12. The van der Waals surface area contributed by atoms with E-state index in [4.69, 9.17) is 10.5 Å². The molecule has 0 saturated carbocycles. The molecule has 1 fully saturated rings. The van der Waals surface area contributed by atoms with Gasteiger partial charge in [-0.25, -0.2) is 4.79 Å². The summed E-state index contributed by atoms with van der Waals surface area (Å²) in [5.41, 5.74) is 3.94. The number of nitrogens with one attached hydrogen (secondary N) is 2. The molecule has 1 rings (SSSR count). The van der Waals surface area contributed by atoms with E-state index in [1.807, 2.05) is 5.32 Å². The van der Waals surface area contributed by atoms with Crippen molar-refractivity contribution < 1.29 is 19.4 Å². The lowest BCUT2D eigenvalue weighted by atomic mass is 9.94. The molecule has 0 bridgehead atoms. The van der Waals surface area contributed by atoms with Crippen LogP contribution in [0.25, 0.3) is 0 Å². The summed E-state index contributed by atoms with van der Waals surface area (Å²) in [6.45, 7) is 1.28. The molecule has 16 heavy (non-hydrogen) atoms. The van der Waals surface area contributed by atoms with Crippen LogP contribution in [0.4, 0.5) is 4.79 Å². The Labute approximate surface area is 93.3 Å². The van der Waals surface area contributed by atoms with Gasteiger partial charge < -0.3 is 20.9 Å². The van der Waals surface area contributed by atoms with Crippen molar-refractivity contribution in [1.29, 1.82) is 0 Å². The Balaban J connectivity index is 2.18. The van der Waals surface area contributed by atoms with Crippen molar-refractivity contribution in [1.82, 2.24) is 10.6 Å². The minimum Gasteiger partial charge on any atom is -0.388 e. The molecule has 5 N–H and O–H groups in total. The molecule has 0 atom stereocenters. The van der Waals surface area contributed by atoms with Gasteiger partial charge in [-0.1, -0.05) is 0 Å². The van der Waals surface area contributed by atoms with Gasteiger partial charge in [-0.15, -0.1) is 0 Å². The van der Waals surface area contributed by atoms with E-state index >= 15 is 0 Å². The van der Waals surface area contributed by atoms with Gasteiger partial charge in [0.25, 0.3) is 0 Å². The second-order valence-corrected chi connectivity index (χ2v) is 3.85. The molecule has 3 amide bonds. The summed E-state index contributed by atoms with van der Waals surface area (Å²) < 4.78 is 5.12. The Morgan fingerprint density at radius 1 is 1.38 bits per heavy atom. The first kappa shape index (κ1) is 12.9. The fraction of sp³-hybridized carbons (Fsp3) is 0.778. The minimum absolute atomic E-state index is 0.0495. The van der Waals surface area contributed by atoms with Crippen molar-refractivity contribution in [3.05, 3.63) is 0 Å². The van der Waals surface area contributed by atoms with Crippen LogP contribution in [-0.4, -0.2) is 48.9 Å². The number of carbonyl (C=O) groups excluding carboxylic acids is 2. The Kier molecular flexibility index (Phi) is 4.66. The molecule has 1 aliphatic heterocycles. The molecule has 7 heteroatoms. The molecule has 7 nitrogen and oxygen atoms in total. The molecule has 92 valence electrons. The average molecular weight is 231 g/mol. The van der Waals surface area contributed by atoms with E-state index in [0.717, 1.165) is 0 Å². The number of rotatable bonds is 4. The number of hydrogen-bond donors (Lipinski definition) is 4. The quantitative estimate of drug-likeness (QED) is 0.461. The van der Waals surface area contributed by atoms with Crippen LogP contribution in [0.5, 0.6) is 0 Å². The van der Waals surface area contributed by atoms with Gasteiger partial charge in [-0.05, 0) is 0 Å². The lowest BCUT2D eigenvalue weighted by Gasteiger charge is -2.32. The number of primary amides is 1. The Morgan fingerprint density at radius 3 is 2.56 bits per heavy atom. The van der Waals surface area contributed by atoms with Gasteiger partial charge in [0.2, 0.25) is 5.91 Å². The number of carbonyl (C=O) groups is 2. The second-order valence-electron chi connectivity index (χ2n) is 3.85. The molecule has 0 aromatic heterocycles. The summed E-state index contributed by atoms with van der Waals surface area (Å²) in [7, 11) is 0. The van der Waals surface area contributed by atoms with Crippen molar-refractivity contribution in [3.8, 4) is 0 Å². The van der Waals surface area contributed by atoms with Gasteiger partial charge >= 0.3 is 6.03 Å². The molecule has 0 aromatic rings. The molecule has 0 radical (unpaired) electrons. The fourth-order valence-electron chi connectivity index (χ4n) is 1.52. The van der Waals surface area contributed by atoms with Crippen LogP contribution in [0.2, 0.25) is 0 Å². The predicted octanol–water partition coefficient (Wildman–Crippen LogP) is -1.69. The number of hydrogen-bond acceptors (Lipinski definition) is 5. The van der Waals surface area contributed by atoms with E-state index in [1.54, 1.807) is 0 Å². The lowest BCUT2D eigenvalue weighted by molar-refractivity contribution is -0.119. The molecular formula is C9H17N3O4. The number of urea groups is 1. The fourth-order valence-corrected chi connectivity index (χ4v) is 1.52. The van der Waals surface area contributed by atoms with Crippen LogP contribution in [0.15, 0.2) is 0 Å². The largest absolute Gasteiger partial charge is 0.388 e. The smallest absolute Gasteiger partial charge is 0.318 e. The molecule has 0 spiro atoms. The molecule has 1 heterocycles. The Bertz CT molecular complexity index is 263. The summed E-state index contributed by atoms with van der Waals surface area (Å²) >= 11 is 0. The zero-order chi connectivity index (χ0) is 12.0. The highest BCUT2D eigenvalue weighted by Crippen LogP contribution is 2.18. The van der Waals surface area contributed by atoms with Gasteiger partial charge in [-0.3, -0.25) is 10.1 Å². The zero-order valence-electron chi connectivity index (χ0n) is 8.99. The summed E-state index contributed by atoms with van der Waals surface area (Å²) in [6, 6.07) is -0.878. The first-order chi connectivity index (χ1) is 7.52. The summed E-state index contributed by atoms with van der Waals surface area (Å²) in [5, 5.41) is 14.7. The highest BCUT2D eigenvalue weighted by Gasteiger charge is 2.29. The average Bonchev–Trinajstić information content (AvgIpc) is 2.17. The highest BCUT2D eigenvalue weighted by molar-refractivity contribution is 5.94. The van der Waals surface area contributed by atoms with E-state index in [2.05, 4.69) is 5.32 Å². The summed E-state index contributed by atoms with van der Waals surface area (Å²) in [5.74, 6) is -0.511. The maximum absolute atomic E-state index is 11.0. The third-order valence-corrected chi connectivity index (χ3v) is 2.43. The zero-order valence-corrected chi connectivity index (χ0v) is 8.99. The van der Waals surface area contributed by atoms with E-state index in [0.29, 0.717) is 32.6 Å². The Hall–Kier alpha value is -1.18. The first-order valence-corrected chi connectivity index (χ1v) is 5.12. The van der Waals surface area contributed by atoms with Crippen molar-refractivity contribution >= 4 is 11.9 Å². The molecule has 1 aliphatic rings. The van der Waals surface area contributed by atoms with E-state index in [-0.39, 0.29) is 6.54 Å². The number of amides is 3. The number of nitrogens with two attached hydrogens (primary N) is 1. The van der Waals surface area contributed by atoms with Crippen molar-refractivity contribution in [2.45, 2.75) is 18.4 Å². The van der Waals surface area contributed by atoms with Gasteiger partial charge in [0.15, 0.2) is 0 Å². The second kappa shape index (κ2) is 5.78. The molecule has 0 aromatic carbocycles. The maximum atomic E-state index is 11.0. The van der Waals surface area contributed by atoms with E-state index in [1.165, 1.54) is 0 Å². The maximum Gasteiger partial charge on any atom is 0.318 e. The molecule has 0 unspecified atom stereocenters. The third-order valence-electron chi connectivity index (χ3n) is 2.43. The van der Waals surface area contributed by atoms with Gasteiger partial charge in [0.1, 0.15) is 0 Å². The lowest BCUT2D eigenvalue weighted by Crippen LogP contribution is -2.48. The molecule has 1 saturated heterocycles. The minimum atomic E-state index is -0.878. The predicted molar refractivity (Wildman–Crippen MR) is 55.6 cm³/mol. The van der Waals surface area contributed by atoms with Gasteiger partial charge in [0.05, 0.1) is 12.1 Å². The summed E-state index contributed by atoms with van der Waals surface area (Å²) in [6.07, 6.45) is 1.08. The van der Waals surface area contributed by atoms with Gasteiger partial charge in [0, 0.05) is 32.6 Å². The van der Waals surface area contributed by atoms with Crippen LogP contribution >= 0.6 is 0 Å². The van der Waals surface area contributed by atoms with Crippen molar-refractivity contribution in [2.75, 3.05) is 26.3 Å². The number of aliphatic hydroxyl groups is 1. The topological polar surface area (TPSA) is 114 Å². The number of ether oxygens (including phenoxy) is 1. The van der Waals surface area contributed by atoms with Crippen LogP contribution in [0.1, 0.15) is 12.8 Å². The standard InChI is InChI=1S/C9H17N3O4/c10-8(14)12-7(13)5-11-6-9(15)1-3-16-4-2-9/h11,15H,1-6H2,(H3,10,12,13,14). The third kappa shape index (κ3) is 4.56. The van der Waals surface area contributed by atoms with Crippen LogP contribution < -0.4 is 16.4 Å². The monoisotopic (exact) mass is 231 g/mol. The molecular weight excluding hydrogens is 214 g/mol. The van der Waals surface area contributed by atoms with Crippen molar-refractivity contribution in [2.24, 2.45) is 5.73 Å². The molecule has 0 aliphatic carbocycles. The van der Waals surface area contributed by atoms with Crippen LogP contribution in [-0.2, 0) is 9.53 Å². The summed E-state index contributed by atoms with van der Waals surface area (Å²) in [4.78, 5) is 21.4. The number of imide groups is 1. The normalized spacial score (nSPS) is 19.1. The van der Waals surface area contributed by atoms with E-state index in [9.17, 15) is 14.7 Å². The highest BCUT2D eigenvalue weighted by atomic mass is 16.5. The van der Waals surface area contributed by atoms with Crippen LogP contribution in [0, 0.1) is 0 Å². The Morgan fingerprint density at radius 2 is 2.00 bits per heavy atom. The SMILES string of the molecule is NC(=O)NC(=O)CNCC1(O)CCOCC1. The van der Waals surface area contributed by atoms with Gasteiger partial charge in [-0.2, -0.15) is 0 Å². The van der Waals surface area contributed by atoms with Crippen molar-refractivity contribution in [3.63, 3.8) is 0 Å². The van der Waals surface area contributed by atoms with E-state index < -0.39 is 17.5 Å². The van der Waals surface area contributed by atoms with Crippen LogP contribution in [0.3, 0.4) is 0 Å².